The van der Waals surface area contributed by atoms with Crippen LogP contribution in [0.4, 0.5) is 0 Å². The maximum absolute atomic E-state index is 12.7. The van der Waals surface area contributed by atoms with Crippen LogP contribution in [0.2, 0.25) is 0 Å². The van der Waals surface area contributed by atoms with Crippen molar-refractivity contribution in [1.82, 2.24) is 0 Å². The highest BCUT2D eigenvalue weighted by Gasteiger charge is 2.30. The Morgan fingerprint density at radius 2 is 1.38 bits per heavy atom. The molecular weight excluding hydrogens is 287 g/mol. The van der Waals surface area contributed by atoms with E-state index in [0.29, 0.717) is 11.5 Å². The van der Waals surface area contributed by atoms with Gasteiger partial charge in [0.2, 0.25) is 0 Å². The Morgan fingerprint density at radius 1 is 0.905 bits per heavy atom. The fourth-order valence-corrected chi connectivity index (χ4v) is 3.03. The molecule has 0 aliphatic carbocycles. The number of aryl methyl sites for hydroxylation is 2. The van der Waals surface area contributed by atoms with Crippen LogP contribution in [0.25, 0.3) is 0 Å². The molecule has 0 radical (unpaired) electrons. The number of hydrogen-bond acceptors (Lipinski definition) is 4. The minimum atomic E-state index is -3.70. The zero-order valence-electron chi connectivity index (χ0n) is 12.4. The molecule has 2 aromatic rings. The van der Waals surface area contributed by atoms with Crippen LogP contribution in [0, 0.1) is 13.8 Å². The van der Waals surface area contributed by atoms with Gasteiger partial charge >= 0.3 is 7.82 Å². The molecule has 0 bridgehead atoms. The molecule has 5 heteroatoms. The first-order valence-electron chi connectivity index (χ1n) is 6.78. The van der Waals surface area contributed by atoms with Crippen molar-refractivity contribution >= 4 is 7.82 Å². The summed E-state index contributed by atoms with van der Waals surface area (Å²) in [5.74, 6) is 0.916. The monoisotopic (exact) mass is 306 g/mol. The van der Waals surface area contributed by atoms with Gasteiger partial charge in [0.05, 0.1) is 6.61 Å². The molecule has 2 rings (SSSR count). The van der Waals surface area contributed by atoms with Crippen LogP contribution in [-0.4, -0.2) is 6.61 Å². The number of benzene rings is 2. The molecule has 0 spiro atoms. The standard InChI is InChI=1S/C16H19O4P/c1-4-18-21(17,19-15-9-5-7-13(2)11-15)20-16-10-6-8-14(3)12-16/h5-12H,4H2,1-3H3. The summed E-state index contributed by atoms with van der Waals surface area (Å²) in [6.07, 6.45) is 0. The van der Waals surface area contributed by atoms with Gasteiger partial charge in [0, 0.05) is 0 Å². The molecule has 0 atom stereocenters. The van der Waals surface area contributed by atoms with Crippen LogP contribution < -0.4 is 9.05 Å². The van der Waals surface area contributed by atoms with Crippen LogP contribution >= 0.6 is 7.82 Å². The highest BCUT2D eigenvalue weighted by atomic mass is 31.2. The second-order valence-corrected chi connectivity index (χ2v) is 6.20. The summed E-state index contributed by atoms with van der Waals surface area (Å²) in [6.45, 7) is 5.83. The Morgan fingerprint density at radius 3 is 1.76 bits per heavy atom. The molecule has 0 unspecified atom stereocenters. The minimum absolute atomic E-state index is 0.231. The number of hydrogen-bond donors (Lipinski definition) is 0. The molecule has 4 nitrogen and oxygen atoms in total. The topological polar surface area (TPSA) is 44.8 Å². The molecule has 112 valence electrons. The second-order valence-electron chi connectivity index (χ2n) is 4.68. The second kappa shape index (κ2) is 6.79. The Labute approximate surface area is 125 Å². The van der Waals surface area contributed by atoms with E-state index < -0.39 is 7.82 Å². The van der Waals surface area contributed by atoms with Crippen LogP contribution in [0.15, 0.2) is 48.5 Å². The Kier molecular flexibility index (Phi) is 5.05. The molecule has 0 fully saturated rings. The molecular formula is C16H19O4P. The molecule has 0 aliphatic rings. The van der Waals surface area contributed by atoms with E-state index in [2.05, 4.69) is 0 Å². The first-order valence-corrected chi connectivity index (χ1v) is 8.24. The normalized spacial score (nSPS) is 11.2. The van der Waals surface area contributed by atoms with Gasteiger partial charge in [0.25, 0.3) is 0 Å². The van der Waals surface area contributed by atoms with Crippen LogP contribution in [-0.2, 0) is 9.09 Å². The van der Waals surface area contributed by atoms with E-state index in [9.17, 15) is 4.57 Å². The lowest BCUT2D eigenvalue weighted by molar-refractivity contribution is 0.219. The SMILES string of the molecule is CCOP(=O)(Oc1cccc(C)c1)Oc1cccc(C)c1. The van der Waals surface area contributed by atoms with Gasteiger partial charge in [0.1, 0.15) is 11.5 Å². The molecule has 0 heterocycles. The Bertz CT molecular complexity index is 603. The maximum Gasteiger partial charge on any atom is 0.587 e. The lowest BCUT2D eigenvalue weighted by Crippen LogP contribution is -2.05. The third-order valence-corrected chi connectivity index (χ3v) is 4.14. The summed E-state index contributed by atoms with van der Waals surface area (Å²) < 4.78 is 28.9. The minimum Gasteiger partial charge on any atom is -0.395 e. The van der Waals surface area contributed by atoms with Gasteiger partial charge in [-0.05, 0) is 56.2 Å². The predicted molar refractivity (Wildman–Crippen MR) is 82.8 cm³/mol. The van der Waals surface area contributed by atoms with Crippen molar-refractivity contribution in [2.24, 2.45) is 0 Å². The average molecular weight is 306 g/mol. The van der Waals surface area contributed by atoms with Crippen molar-refractivity contribution in [3.8, 4) is 11.5 Å². The van der Waals surface area contributed by atoms with E-state index in [1.807, 2.05) is 38.1 Å². The van der Waals surface area contributed by atoms with Crippen molar-refractivity contribution in [2.75, 3.05) is 6.61 Å². The van der Waals surface area contributed by atoms with Gasteiger partial charge in [-0.25, -0.2) is 4.57 Å². The van der Waals surface area contributed by atoms with E-state index in [0.717, 1.165) is 11.1 Å². The van der Waals surface area contributed by atoms with E-state index in [4.69, 9.17) is 13.6 Å². The van der Waals surface area contributed by atoms with Crippen molar-refractivity contribution in [2.45, 2.75) is 20.8 Å². The van der Waals surface area contributed by atoms with Crippen molar-refractivity contribution in [1.29, 1.82) is 0 Å². The molecule has 21 heavy (non-hydrogen) atoms. The molecule has 0 amide bonds. The fraction of sp³-hybridized carbons (Fsp3) is 0.250. The lowest BCUT2D eigenvalue weighted by atomic mass is 10.2. The van der Waals surface area contributed by atoms with Crippen LogP contribution in [0.1, 0.15) is 18.1 Å². The van der Waals surface area contributed by atoms with Crippen molar-refractivity contribution in [3.05, 3.63) is 59.7 Å². The molecule has 0 aromatic heterocycles. The molecule has 0 N–H and O–H groups in total. The van der Waals surface area contributed by atoms with Crippen LogP contribution in [0.3, 0.4) is 0 Å². The lowest BCUT2D eigenvalue weighted by Gasteiger charge is -2.18. The largest absolute Gasteiger partial charge is 0.587 e. The summed E-state index contributed by atoms with van der Waals surface area (Å²) >= 11 is 0. The zero-order chi connectivity index (χ0) is 15.3. The van der Waals surface area contributed by atoms with E-state index >= 15 is 0 Å². The van der Waals surface area contributed by atoms with Gasteiger partial charge < -0.3 is 9.05 Å². The smallest absolute Gasteiger partial charge is 0.395 e. The van der Waals surface area contributed by atoms with Crippen LogP contribution in [0.5, 0.6) is 11.5 Å². The molecule has 2 aromatic carbocycles. The third kappa shape index (κ3) is 4.62. The van der Waals surface area contributed by atoms with Crippen molar-refractivity contribution < 1.29 is 18.1 Å². The van der Waals surface area contributed by atoms with E-state index in [-0.39, 0.29) is 6.61 Å². The Hall–Kier alpha value is -1.77. The van der Waals surface area contributed by atoms with Gasteiger partial charge in [0.15, 0.2) is 0 Å². The number of rotatable bonds is 6. The van der Waals surface area contributed by atoms with Crippen molar-refractivity contribution in [3.63, 3.8) is 0 Å². The third-order valence-electron chi connectivity index (χ3n) is 2.70. The first-order chi connectivity index (χ1) is 10.0. The van der Waals surface area contributed by atoms with Gasteiger partial charge in [-0.2, -0.15) is 0 Å². The summed E-state index contributed by atoms with van der Waals surface area (Å²) in [6, 6.07) is 14.5. The predicted octanol–water partition coefficient (Wildman–Crippen LogP) is 4.91. The highest BCUT2D eigenvalue weighted by molar-refractivity contribution is 7.49. The summed E-state index contributed by atoms with van der Waals surface area (Å²) in [7, 11) is -3.70. The van der Waals surface area contributed by atoms with E-state index in [1.54, 1.807) is 31.2 Å². The quantitative estimate of drug-likeness (QED) is 0.712. The maximum atomic E-state index is 12.7. The first kappa shape index (κ1) is 15.6. The zero-order valence-corrected chi connectivity index (χ0v) is 13.3. The fourth-order valence-electron chi connectivity index (χ4n) is 1.83. The molecule has 0 aliphatic heterocycles. The van der Waals surface area contributed by atoms with Gasteiger partial charge in [-0.3, -0.25) is 4.52 Å². The molecule has 0 saturated carbocycles. The summed E-state index contributed by atoms with van der Waals surface area (Å²) in [4.78, 5) is 0. The molecule has 0 saturated heterocycles. The average Bonchev–Trinajstić information content (AvgIpc) is 2.38. The Balaban J connectivity index is 2.21. The number of phosphoric ester groups is 1. The van der Waals surface area contributed by atoms with Gasteiger partial charge in [-0.1, -0.05) is 24.3 Å². The van der Waals surface area contributed by atoms with Gasteiger partial charge in [-0.15, -0.1) is 0 Å². The summed E-state index contributed by atoms with van der Waals surface area (Å²) in [5, 5.41) is 0. The number of phosphoric acid groups is 1. The van der Waals surface area contributed by atoms with E-state index in [1.165, 1.54) is 0 Å². The summed E-state index contributed by atoms with van der Waals surface area (Å²) in [5.41, 5.74) is 2.01. The highest BCUT2D eigenvalue weighted by Crippen LogP contribution is 2.49.